The Balaban J connectivity index is 0.00000182. The summed E-state index contributed by atoms with van der Waals surface area (Å²) in [5.74, 6) is 0.680. The molecule has 0 unspecified atom stereocenters. The summed E-state index contributed by atoms with van der Waals surface area (Å²) in [4.78, 5) is 14.6. The maximum absolute atomic E-state index is 12.1. The van der Waals surface area contributed by atoms with Crippen molar-refractivity contribution in [1.29, 1.82) is 0 Å². The molecule has 0 radical (unpaired) electrons. The van der Waals surface area contributed by atoms with Crippen LogP contribution in [0.25, 0.3) is 0 Å². The SMILES string of the molecule is Cl.Cl.Nc1ccc(CC(=O)NCC2CCN(Cc3ccccc3)CC2)cc1. The molecule has 0 aliphatic carbocycles. The van der Waals surface area contributed by atoms with Crippen molar-refractivity contribution in [2.75, 3.05) is 25.4 Å². The van der Waals surface area contributed by atoms with E-state index < -0.39 is 0 Å². The van der Waals surface area contributed by atoms with Crippen LogP contribution in [0.2, 0.25) is 0 Å². The first kappa shape index (κ1) is 23.3. The van der Waals surface area contributed by atoms with Crippen LogP contribution in [0.5, 0.6) is 0 Å². The Hall–Kier alpha value is -1.75. The van der Waals surface area contributed by atoms with Crippen molar-refractivity contribution in [2.45, 2.75) is 25.8 Å². The summed E-state index contributed by atoms with van der Waals surface area (Å²) in [7, 11) is 0. The van der Waals surface area contributed by atoms with E-state index >= 15 is 0 Å². The number of nitrogens with two attached hydrogens (primary N) is 1. The van der Waals surface area contributed by atoms with Gasteiger partial charge in [0.2, 0.25) is 5.91 Å². The van der Waals surface area contributed by atoms with Crippen LogP contribution in [0.4, 0.5) is 5.69 Å². The molecule has 1 amide bonds. The molecule has 27 heavy (non-hydrogen) atoms. The van der Waals surface area contributed by atoms with Crippen LogP contribution in [0, 0.1) is 5.92 Å². The molecule has 1 saturated heterocycles. The predicted molar refractivity (Wildman–Crippen MR) is 117 cm³/mol. The van der Waals surface area contributed by atoms with E-state index in [1.54, 1.807) is 0 Å². The number of anilines is 1. The minimum atomic E-state index is 0. The van der Waals surface area contributed by atoms with E-state index in [9.17, 15) is 4.79 Å². The molecule has 0 spiro atoms. The number of halogens is 2. The molecule has 2 aromatic carbocycles. The number of amides is 1. The molecule has 0 bridgehead atoms. The zero-order valence-electron chi connectivity index (χ0n) is 15.5. The van der Waals surface area contributed by atoms with Crippen molar-refractivity contribution in [1.82, 2.24) is 10.2 Å². The highest BCUT2D eigenvalue weighted by Crippen LogP contribution is 2.18. The second-order valence-electron chi connectivity index (χ2n) is 6.93. The largest absolute Gasteiger partial charge is 0.399 e. The van der Waals surface area contributed by atoms with Crippen molar-refractivity contribution < 1.29 is 4.79 Å². The Labute approximate surface area is 174 Å². The van der Waals surface area contributed by atoms with Gasteiger partial charge in [-0.05, 0) is 55.1 Å². The number of carbonyl (C=O) groups is 1. The van der Waals surface area contributed by atoms with Crippen molar-refractivity contribution in [2.24, 2.45) is 5.92 Å². The van der Waals surface area contributed by atoms with Gasteiger partial charge >= 0.3 is 0 Å². The standard InChI is InChI=1S/C21H27N3O.2ClH/c22-20-8-6-17(7-9-20)14-21(25)23-15-18-10-12-24(13-11-18)16-19-4-2-1-3-5-19;;/h1-9,18H,10-16,22H2,(H,23,25);2*1H. The summed E-state index contributed by atoms with van der Waals surface area (Å²) in [6.45, 7) is 4.02. The number of rotatable bonds is 6. The van der Waals surface area contributed by atoms with Crippen molar-refractivity contribution >= 4 is 36.4 Å². The molecule has 1 heterocycles. The Morgan fingerprint density at radius 2 is 1.59 bits per heavy atom. The highest BCUT2D eigenvalue weighted by molar-refractivity contribution is 5.85. The van der Waals surface area contributed by atoms with E-state index in [4.69, 9.17) is 5.73 Å². The summed E-state index contributed by atoms with van der Waals surface area (Å²) in [6.07, 6.45) is 2.72. The maximum Gasteiger partial charge on any atom is 0.224 e. The first-order valence-corrected chi connectivity index (χ1v) is 9.06. The third-order valence-corrected chi connectivity index (χ3v) is 4.89. The number of nitrogen functional groups attached to an aromatic ring is 1. The molecule has 0 atom stereocenters. The summed E-state index contributed by atoms with van der Waals surface area (Å²) in [5.41, 5.74) is 8.77. The van der Waals surface area contributed by atoms with E-state index in [0.29, 0.717) is 12.3 Å². The molecule has 3 rings (SSSR count). The average molecular weight is 410 g/mol. The quantitative estimate of drug-likeness (QED) is 0.715. The molecule has 1 aliphatic rings. The number of hydrogen-bond acceptors (Lipinski definition) is 3. The van der Waals surface area contributed by atoms with E-state index in [1.165, 1.54) is 5.56 Å². The van der Waals surface area contributed by atoms with E-state index in [-0.39, 0.29) is 30.7 Å². The highest BCUT2D eigenvalue weighted by atomic mass is 35.5. The zero-order chi connectivity index (χ0) is 17.5. The fourth-order valence-electron chi connectivity index (χ4n) is 3.33. The summed E-state index contributed by atoms with van der Waals surface area (Å²) >= 11 is 0. The molecule has 4 nitrogen and oxygen atoms in total. The lowest BCUT2D eigenvalue weighted by molar-refractivity contribution is -0.120. The molecular weight excluding hydrogens is 381 g/mol. The molecule has 0 aromatic heterocycles. The fourth-order valence-corrected chi connectivity index (χ4v) is 3.33. The first-order valence-electron chi connectivity index (χ1n) is 9.06. The van der Waals surface area contributed by atoms with E-state index in [0.717, 1.165) is 50.3 Å². The minimum absolute atomic E-state index is 0. The van der Waals surface area contributed by atoms with Crippen LogP contribution in [0.3, 0.4) is 0 Å². The van der Waals surface area contributed by atoms with Gasteiger partial charge in [-0.15, -0.1) is 24.8 Å². The van der Waals surface area contributed by atoms with E-state index in [1.807, 2.05) is 24.3 Å². The van der Waals surface area contributed by atoms with Crippen molar-refractivity contribution in [3.05, 3.63) is 65.7 Å². The predicted octanol–water partition coefficient (Wildman–Crippen LogP) is 3.68. The molecular formula is C21H29Cl2N3O. The van der Waals surface area contributed by atoms with Crippen LogP contribution in [0.1, 0.15) is 24.0 Å². The molecule has 148 valence electrons. The van der Waals surface area contributed by atoms with Gasteiger partial charge in [0.05, 0.1) is 6.42 Å². The van der Waals surface area contributed by atoms with Crippen LogP contribution < -0.4 is 11.1 Å². The van der Waals surface area contributed by atoms with Gasteiger partial charge in [-0.2, -0.15) is 0 Å². The zero-order valence-corrected chi connectivity index (χ0v) is 17.1. The smallest absolute Gasteiger partial charge is 0.224 e. The Morgan fingerprint density at radius 3 is 2.22 bits per heavy atom. The lowest BCUT2D eigenvalue weighted by atomic mass is 9.96. The third-order valence-electron chi connectivity index (χ3n) is 4.89. The number of hydrogen-bond donors (Lipinski definition) is 2. The van der Waals surface area contributed by atoms with Gasteiger partial charge in [0.25, 0.3) is 0 Å². The first-order chi connectivity index (χ1) is 12.2. The minimum Gasteiger partial charge on any atom is -0.399 e. The van der Waals surface area contributed by atoms with Crippen LogP contribution in [-0.2, 0) is 17.8 Å². The average Bonchev–Trinajstić information content (AvgIpc) is 2.64. The van der Waals surface area contributed by atoms with E-state index in [2.05, 4.69) is 40.5 Å². The van der Waals surface area contributed by atoms with Gasteiger partial charge < -0.3 is 11.1 Å². The van der Waals surface area contributed by atoms with Crippen LogP contribution >= 0.6 is 24.8 Å². The number of carbonyl (C=O) groups excluding carboxylic acids is 1. The lowest BCUT2D eigenvalue weighted by Crippen LogP contribution is -2.38. The van der Waals surface area contributed by atoms with Crippen molar-refractivity contribution in [3.63, 3.8) is 0 Å². The number of piperidine rings is 1. The second-order valence-corrected chi connectivity index (χ2v) is 6.93. The normalized spacial score (nSPS) is 14.7. The Bertz CT molecular complexity index is 672. The van der Waals surface area contributed by atoms with Gasteiger partial charge in [-0.25, -0.2) is 0 Å². The van der Waals surface area contributed by atoms with Crippen LogP contribution in [-0.4, -0.2) is 30.4 Å². The second kappa shape index (κ2) is 11.9. The Kier molecular flexibility index (Phi) is 10.2. The molecule has 1 fully saturated rings. The summed E-state index contributed by atoms with van der Waals surface area (Å²) in [6, 6.07) is 18.1. The number of nitrogens with zero attached hydrogens (tertiary/aromatic N) is 1. The fraction of sp³-hybridized carbons (Fsp3) is 0.381. The number of nitrogens with one attached hydrogen (secondary N) is 1. The molecule has 0 saturated carbocycles. The topological polar surface area (TPSA) is 58.4 Å². The number of benzene rings is 2. The van der Waals surface area contributed by atoms with Gasteiger partial charge in [0.1, 0.15) is 0 Å². The van der Waals surface area contributed by atoms with Crippen LogP contribution in [0.15, 0.2) is 54.6 Å². The maximum atomic E-state index is 12.1. The molecule has 1 aliphatic heterocycles. The lowest BCUT2D eigenvalue weighted by Gasteiger charge is -2.32. The summed E-state index contributed by atoms with van der Waals surface area (Å²) in [5, 5.41) is 3.09. The Morgan fingerprint density at radius 1 is 0.963 bits per heavy atom. The van der Waals surface area contributed by atoms with Gasteiger partial charge in [0.15, 0.2) is 0 Å². The van der Waals surface area contributed by atoms with Crippen molar-refractivity contribution in [3.8, 4) is 0 Å². The molecule has 2 aromatic rings. The number of likely N-dealkylation sites (tertiary alicyclic amines) is 1. The monoisotopic (exact) mass is 409 g/mol. The van der Waals surface area contributed by atoms with Gasteiger partial charge in [0, 0.05) is 18.8 Å². The van der Waals surface area contributed by atoms with Gasteiger partial charge in [-0.1, -0.05) is 42.5 Å². The molecule has 3 N–H and O–H groups in total. The molecule has 6 heteroatoms. The third kappa shape index (κ3) is 7.79. The van der Waals surface area contributed by atoms with Gasteiger partial charge in [-0.3, -0.25) is 9.69 Å². The highest BCUT2D eigenvalue weighted by Gasteiger charge is 2.19. The summed E-state index contributed by atoms with van der Waals surface area (Å²) < 4.78 is 0.